The summed E-state index contributed by atoms with van der Waals surface area (Å²) in [7, 11) is -0.329. The molecule has 1 N–H and O–H groups in total. The Bertz CT molecular complexity index is 1660. The van der Waals surface area contributed by atoms with Crippen LogP contribution < -0.4 is 5.32 Å². The molecule has 4 heteroatoms. The fourth-order valence-electron chi connectivity index (χ4n) is 7.92. The molecule has 0 heterocycles. The van der Waals surface area contributed by atoms with Crippen molar-refractivity contribution in [2.24, 2.45) is 9.98 Å². The van der Waals surface area contributed by atoms with Gasteiger partial charge in [0.15, 0.2) is 0 Å². The highest BCUT2D eigenvalue weighted by molar-refractivity contribution is 7.76. The first kappa shape index (κ1) is 32.6. The van der Waals surface area contributed by atoms with Crippen molar-refractivity contribution in [1.29, 1.82) is 0 Å². The zero-order chi connectivity index (χ0) is 32.0. The molecule has 2 saturated carbocycles. The number of aliphatic imine (C=N–C) groups is 2. The summed E-state index contributed by atoms with van der Waals surface area (Å²) in [4.78, 5) is 10.8. The summed E-state index contributed by atoms with van der Waals surface area (Å²) in [6, 6.07) is 26.5. The van der Waals surface area contributed by atoms with Crippen LogP contribution in [-0.2, 0) is 6.42 Å². The molecule has 0 atom stereocenters. The third kappa shape index (κ3) is 7.47. The smallest absolute Gasteiger partial charge is 0.103 e. The second-order valence-electron chi connectivity index (χ2n) is 13.8. The predicted molar refractivity (Wildman–Crippen MR) is 204 cm³/mol. The monoisotopic (exact) mass is 629 g/mol. The van der Waals surface area contributed by atoms with Crippen LogP contribution >= 0.6 is 7.92 Å². The van der Waals surface area contributed by atoms with E-state index in [9.17, 15) is 0 Å². The van der Waals surface area contributed by atoms with Crippen molar-refractivity contribution in [1.82, 2.24) is 0 Å². The molecule has 240 valence electrons. The van der Waals surface area contributed by atoms with E-state index < -0.39 is 0 Å². The van der Waals surface area contributed by atoms with Gasteiger partial charge in [-0.1, -0.05) is 107 Å². The highest BCUT2D eigenvalue weighted by Crippen LogP contribution is 2.58. The number of nitrogens with one attached hydrogen (secondary N) is 1. The summed E-state index contributed by atoms with van der Waals surface area (Å²) < 4.78 is 0. The number of rotatable bonds is 8. The molecule has 6 rings (SSSR count). The molecule has 4 aromatic rings. The van der Waals surface area contributed by atoms with Crippen LogP contribution in [0.25, 0.3) is 10.8 Å². The maximum Gasteiger partial charge on any atom is 0.103 e. The third-order valence-electron chi connectivity index (χ3n) is 10.4. The van der Waals surface area contributed by atoms with Gasteiger partial charge in [0.2, 0.25) is 0 Å². The number of aryl methyl sites for hydroxylation is 4. The lowest BCUT2D eigenvalue weighted by atomic mass is 9.99. The molecule has 0 saturated heterocycles. The Morgan fingerprint density at radius 3 is 1.76 bits per heavy atom. The van der Waals surface area contributed by atoms with Crippen molar-refractivity contribution >= 4 is 47.0 Å². The fraction of sp³-hybridized carbons (Fsp3) is 0.429. The summed E-state index contributed by atoms with van der Waals surface area (Å²) >= 11 is 0. The molecule has 2 fully saturated rings. The summed E-state index contributed by atoms with van der Waals surface area (Å²) in [6.45, 7) is 10.9. The molecule has 46 heavy (non-hydrogen) atoms. The number of para-hydroxylation sites is 1. The number of nitrogens with zero attached hydrogens (tertiary/aromatic N) is 2. The van der Waals surface area contributed by atoms with Gasteiger partial charge in [0.05, 0.1) is 11.4 Å². The predicted octanol–water partition coefficient (Wildman–Crippen LogP) is 12.7. The zero-order valence-corrected chi connectivity index (χ0v) is 29.6. The van der Waals surface area contributed by atoms with Crippen LogP contribution in [0.3, 0.4) is 0 Å². The standard InChI is InChI=1S/C42H52N3P/c1-29-16-12-17-30(2)38(29)28-41(46(34-20-8-6-9-21-34)35-22-10-7-11-23-35)45-40-27-15-24-36-37(40)25-14-26-39(36)43-33(5)44-42-31(3)18-13-19-32(42)4/h12-19,24-27,34-35H,6-11,20-23,28H2,1-5H3,(H,43,44). The van der Waals surface area contributed by atoms with Crippen LogP contribution in [0.15, 0.2) is 82.8 Å². The highest BCUT2D eigenvalue weighted by Gasteiger charge is 2.35. The van der Waals surface area contributed by atoms with Crippen LogP contribution in [0, 0.1) is 27.7 Å². The molecular weight excluding hydrogens is 577 g/mol. The van der Waals surface area contributed by atoms with Gasteiger partial charge in [-0.25, -0.2) is 4.99 Å². The van der Waals surface area contributed by atoms with Crippen LogP contribution in [0.5, 0.6) is 0 Å². The van der Waals surface area contributed by atoms with Gasteiger partial charge < -0.3 is 5.32 Å². The Hall–Kier alpha value is -3.29. The van der Waals surface area contributed by atoms with Gasteiger partial charge in [-0.3, -0.25) is 4.99 Å². The van der Waals surface area contributed by atoms with Crippen LogP contribution in [0.2, 0.25) is 0 Å². The lowest BCUT2D eigenvalue weighted by Crippen LogP contribution is -2.25. The minimum atomic E-state index is -0.329. The lowest BCUT2D eigenvalue weighted by Gasteiger charge is -2.39. The van der Waals surface area contributed by atoms with E-state index >= 15 is 0 Å². The van der Waals surface area contributed by atoms with Gasteiger partial charge in [-0.05, 0) is 112 Å². The van der Waals surface area contributed by atoms with Crippen molar-refractivity contribution in [2.45, 2.75) is 117 Å². The number of fused-ring (bicyclic) bond motifs is 1. The molecule has 0 spiro atoms. The van der Waals surface area contributed by atoms with Gasteiger partial charge in [0, 0.05) is 28.3 Å². The average molecular weight is 630 g/mol. The van der Waals surface area contributed by atoms with Crippen molar-refractivity contribution in [3.05, 3.63) is 101 Å². The van der Waals surface area contributed by atoms with Gasteiger partial charge in [-0.2, -0.15) is 0 Å². The summed E-state index contributed by atoms with van der Waals surface area (Å²) in [5.41, 5.74) is 13.0. The second kappa shape index (κ2) is 15.1. The first-order valence-corrected chi connectivity index (χ1v) is 19.2. The van der Waals surface area contributed by atoms with E-state index in [1.165, 1.54) is 108 Å². The number of hydrogen-bond donors (Lipinski definition) is 1. The van der Waals surface area contributed by atoms with Crippen molar-refractivity contribution < 1.29 is 0 Å². The van der Waals surface area contributed by atoms with Gasteiger partial charge in [-0.15, -0.1) is 0 Å². The molecule has 0 amide bonds. The Labute approximate surface area is 278 Å². The maximum atomic E-state index is 5.81. The molecule has 2 aliphatic carbocycles. The Morgan fingerprint density at radius 2 is 1.15 bits per heavy atom. The molecule has 0 aliphatic heterocycles. The van der Waals surface area contributed by atoms with E-state index in [1.54, 1.807) is 0 Å². The lowest BCUT2D eigenvalue weighted by molar-refractivity contribution is 0.487. The molecule has 0 bridgehead atoms. The highest BCUT2D eigenvalue weighted by atomic mass is 31.1. The SMILES string of the molecule is CC(=Nc1c(C)cccc1C)Nc1cccc2c(N=C(Cc3c(C)cccc3C)P(C3CCCCC3)C3CCCCC3)cccc12. The first-order valence-electron chi connectivity index (χ1n) is 17.7. The van der Waals surface area contributed by atoms with Gasteiger partial charge >= 0.3 is 0 Å². The second-order valence-corrected chi connectivity index (χ2v) is 16.6. The van der Waals surface area contributed by atoms with E-state index in [0.29, 0.717) is 0 Å². The number of amidine groups is 1. The van der Waals surface area contributed by atoms with Crippen LogP contribution in [0.4, 0.5) is 17.1 Å². The largest absolute Gasteiger partial charge is 0.343 e. The quantitative estimate of drug-likeness (QED) is 0.117. The molecule has 2 aliphatic rings. The number of hydrogen-bond acceptors (Lipinski definition) is 2. The van der Waals surface area contributed by atoms with Gasteiger partial charge in [0.1, 0.15) is 5.84 Å². The molecule has 3 nitrogen and oxygen atoms in total. The summed E-state index contributed by atoms with van der Waals surface area (Å²) in [5.74, 6) is 0.896. The molecular formula is C42H52N3P. The van der Waals surface area contributed by atoms with Crippen molar-refractivity contribution in [3.63, 3.8) is 0 Å². The Kier molecular flexibility index (Phi) is 10.7. The normalized spacial score (nSPS) is 17.2. The molecule has 4 aromatic carbocycles. The Balaban J connectivity index is 1.44. The zero-order valence-electron chi connectivity index (χ0n) is 28.7. The number of benzene rings is 4. The van der Waals surface area contributed by atoms with E-state index in [-0.39, 0.29) is 7.92 Å². The minimum Gasteiger partial charge on any atom is -0.343 e. The molecule has 0 aromatic heterocycles. The molecule has 0 unspecified atom stereocenters. The van der Waals surface area contributed by atoms with Crippen molar-refractivity contribution in [2.75, 3.05) is 5.32 Å². The van der Waals surface area contributed by atoms with E-state index in [4.69, 9.17) is 9.98 Å². The third-order valence-corrected chi connectivity index (χ3v) is 13.9. The van der Waals surface area contributed by atoms with Crippen LogP contribution in [-0.4, -0.2) is 22.6 Å². The first-order chi connectivity index (χ1) is 22.4. The van der Waals surface area contributed by atoms with Gasteiger partial charge in [0.25, 0.3) is 0 Å². The van der Waals surface area contributed by atoms with Crippen LogP contribution in [0.1, 0.15) is 98.9 Å². The van der Waals surface area contributed by atoms with E-state index in [1.807, 2.05) is 0 Å². The number of anilines is 1. The average Bonchev–Trinajstić information content (AvgIpc) is 3.06. The maximum absolute atomic E-state index is 5.81. The Morgan fingerprint density at radius 1 is 0.630 bits per heavy atom. The topological polar surface area (TPSA) is 36.8 Å². The summed E-state index contributed by atoms with van der Waals surface area (Å²) in [5, 5.41) is 6.07. The fourth-order valence-corrected chi connectivity index (χ4v) is 11.8. The summed E-state index contributed by atoms with van der Waals surface area (Å²) in [6.07, 6.45) is 14.9. The van der Waals surface area contributed by atoms with E-state index in [0.717, 1.165) is 40.6 Å². The molecule has 0 radical (unpaired) electrons. The van der Waals surface area contributed by atoms with E-state index in [2.05, 4.69) is 113 Å². The minimum absolute atomic E-state index is 0.329. The van der Waals surface area contributed by atoms with Crippen molar-refractivity contribution in [3.8, 4) is 0 Å².